The molecule has 0 bridgehead atoms. The fourth-order valence-corrected chi connectivity index (χ4v) is 3.07. The van der Waals surface area contributed by atoms with Crippen molar-refractivity contribution in [2.75, 3.05) is 13.1 Å². The van der Waals surface area contributed by atoms with E-state index in [1.54, 1.807) is 11.3 Å². The van der Waals surface area contributed by atoms with Gasteiger partial charge < -0.3 is 10.6 Å². The molecule has 2 aromatic rings. The smallest absolute Gasteiger partial charge is 0.220 e. The van der Waals surface area contributed by atoms with E-state index in [2.05, 4.69) is 15.6 Å². The molecule has 0 fully saturated rings. The number of hydrogen-bond acceptors (Lipinski definition) is 4. The number of thiazole rings is 1. The van der Waals surface area contributed by atoms with E-state index in [4.69, 9.17) is 0 Å². The molecule has 0 aliphatic carbocycles. The fourth-order valence-electron chi connectivity index (χ4n) is 2.21. The summed E-state index contributed by atoms with van der Waals surface area (Å²) >= 11 is 1.61. The SMILES string of the molecule is CC(=O)NCCCCNC(=O)CCc1csc(-c2ccccc2)n1. The standard InChI is InChI=1S/C18H23N3O2S/c1-14(22)19-11-5-6-12-20-17(23)10-9-16-13-24-18(21-16)15-7-3-2-4-8-15/h2-4,7-8,13H,5-6,9-12H2,1H3,(H,19,22)(H,20,23). The summed E-state index contributed by atoms with van der Waals surface area (Å²) in [5.74, 6) is 0.0287. The number of hydrogen-bond donors (Lipinski definition) is 2. The third-order valence-corrected chi connectivity index (χ3v) is 4.42. The molecule has 1 heterocycles. The van der Waals surface area contributed by atoms with E-state index in [0.29, 0.717) is 25.9 Å². The number of rotatable bonds is 9. The van der Waals surface area contributed by atoms with Crippen LogP contribution in [0.2, 0.25) is 0 Å². The monoisotopic (exact) mass is 345 g/mol. The van der Waals surface area contributed by atoms with Crippen LogP contribution in [0.3, 0.4) is 0 Å². The zero-order valence-corrected chi connectivity index (χ0v) is 14.7. The Labute approximate surface area is 146 Å². The van der Waals surface area contributed by atoms with E-state index in [1.165, 1.54) is 6.92 Å². The molecule has 2 amide bonds. The van der Waals surface area contributed by atoms with Crippen molar-refractivity contribution in [1.82, 2.24) is 15.6 Å². The molecule has 0 spiro atoms. The quantitative estimate of drug-likeness (QED) is 0.687. The molecule has 0 saturated carbocycles. The topological polar surface area (TPSA) is 71.1 Å². The molecular formula is C18H23N3O2S. The van der Waals surface area contributed by atoms with Crippen molar-refractivity contribution in [3.8, 4) is 10.6 Å². The van der Waals surface area contributed by atoms with Gasteiger partial charge in [0.1, 0.15) is 5.01 Å². The highest BCUT2D eigenvalue weighted by Crippen LogP contribution is 2.23. The van der Waals surface area contributed by atoms with E-state index >= 15 is 0 Å². The Morgan fingerprint density at radius 2 is 1.79 bits per heavy atom. The Morgan fingerprint density at radius 1 is 1.08 bits per heavy atom. The first kappa shape index (κ1) is 18.1. The van der Waals surface area contributed by atoms with E-state index in [9.17, 15) is 9.59 Å². The molecule has 0 aliphatic rings. The van der Waals surface area contributed by atoms with Gasteiger partial charge in [-0.3, -0.25) is 9.59 Å². The van der Waals surface area contributed by atoms with Gasteiger partial charge in [0.15, 0.2) is 0 Å². The van der Waals surface area contributed by atoms with Crippen LogP contribution in [0, 0.1) is 0 Å². The molecule has 128 valence electrons. The second-order valence-electron chi connectivity index (χ2n) is 5.55. The zero-order valence-electron chi connectivity index (χ0n) is 13.9. The van der Waals surface area contributed by atoms with E-state index < -0.39 is 0 Å². The van der Waals surface area contributed by atoms with Crippen LogP contribution in [-0.2, 0) is 16.0 Å². The van der Waals surface area contributed by atoms with Crippen LogP contribution in [0.15, 0.2) is 35.7 Å². The predicted octanol–water partition coefficient (Wildman–Crippen LogP) is 2.78. The summed E-state index contributed by atoms with van der Waals surface area (Å²) in [6, 6.07) is 10.1. The van der Waals surface area contributed by atoms with Crippen LogP contribution < -0.4 is 10.6 Å². The number of unbranched alkanes of at least 4 members (excludes halogenated alkanes) is 1. The van der Waals surface area contributed by atoms with Crippen molar-refractivity contribution in [2.45, 2.75) is 32.6 Å². The highest BCUT2D eigenvalue weighted by atomic mass is 32.1. The lowest BCUT2D eigenvalue weighted by molar-refractivity contribution is -0.121. The summed E-state index contributed by atoms with van der Waals surface area (Å²) in [6.45, 7) is 2.81. The molecule has 5 nitrogen and oxygen atoms in total. The molecular weight excluding hydrogens is 322 g/mol. The van der Waals surface area contributed by atoms with Crippen LogP contribution in [-0.4, -0.2) is 29.9 Å². The van der Waals surface area contributed by atoms with Crippen molar-refractivity contribution in [1.29, 1.82) is 0 Å². The maximum Gasteiger partial charge on any atom is 0.220 e. The van der Waals surface area contributed by atoms with Gasteiger partial charge in [-0.05, 0) is 19.3 Å². The largest absolute Gasteiger partial charge is 0.356 e. The van der Waals surface area contributed by atoms with Crippen LogP contribution in [0.4, 0.5) is 0 Å². The number of carbonyl (C=O) groups excluding carboxylic acids is 2. The van der Waals surface area contributed by atoms with Gasteiger partial charge in [0.2, 0.25) is 11.8 Å². The molecule has 1 aromatic heterocycles. The van der Waals surface area contributed by atoms with Crippen molar-refractivity contribution >= 4 is 23.2 Å². The van der Waals surface area contributed by atoms with Crippen molar-refractivity contribution < 1.29 is 9.59 Å². The summed E-state index contributed by atoms with van der Waals surface area (Å²) in [5.41, 5.74) is 2.07. The first-order valence-electron chi connectivity index (χ1n) is 8.16. The number of aromatic nitrogens is 1. The zero-order chi connectivity index (χ0) is 17.2. The van der Waals surface area contributed by atoms with Gasteiger partial charge in [-0.15, -0.1) is 11.3 Å². The van der Waals surface area contributed by atoms with Gasteiger partial charge >= 0.3 is 0 Å². The molecule has 2 rings (SSSR count). The van der Waals surface area contributed by atoms with E-state index in [0.717, 1.165) is 29.1 Å². The average Bonchev–Trinajstić information content (AvgIpc) is 3.06. The number of carbonyl (C=O) groups is 2. The van der Waals surface area contributed by atoms with E-state index in [1.807, 2.05) is 35.7 Å². The summed E-state index contributed by atoms with van der Waals surface area (Å²) in [6.07, 6.45) is 2.83. The molecule has 24 heavy (non-hydrogen) atoms. The number of nitrogens with one attached hydrogen (secondary N) is 2. The van der Waals surface area contributed by atoms with Crippen molar-refractivity contribution in [2.24, 2.45) is 0 Å². The summed E-state index contributed by atoms with van der Waals surface area (Å²) < 4.78 is 0. The molecule has 0 aliphatic heterocycles. The Kier molecular flexibility index (Phi) is 7.42. The normalized spacial score (nSPS) is 10.4. The third-order valence-electron chi connectivity index (χ3n) is 3.48. The molecule has 0 radical (unpaired) electrons. The third kappa shape index (κ3) is 6.50. The van der Waals surface area contributed by atoms with Crippen LogP contribution in [0.1, 0.15) is 31.9 Å². The fraction of sp³-hybridized carbons (Fsp3) is 0.389. The average molecular weight is 345 g/mol. The first-order chi connectivity index (χ1) is 11.6. The van der Waals surface area contributed by atoms with Crippen LogP contribution in [0.5, 0.6) is 0 Å². The Morgan fingerprint density at radius 3 is 2.50 bits per heavy atom. The molecule has 6 heteroatoms. The second-order valence-corrected chi connectivity index (χ2v) is 6.41. The molecule has 0 saturated heterocycles. The van der Waals surface area contributed by atoms with E-state index in [-0.39, 0.29) is 11.8 Å². The molecule has 2 N–H and O–H groups in total. The van der Waals surface area contributed by atoms with Gasteiger partial charge in [0.05, 0.1) is 5.69 Å². The predicted molar refractivity (Wildman–Crippen MR) is 96.8 cm³/mol. The van der Waals surface area contributed by atoms with Gasteiger partial charge in [0, 0.05) is 37.4 Å². The van der Waals surface area contributed by atoms with Crippen LogP contribution >= 0.6 is 11.3 Å². The Hall–Kier alpha value is -2.21. The highest BCUT2D eigenvalue weighted by molar-refractivity contribution is 7.13. The maximum absolute atomic E-state index is 11.8. The first-order valence-corrected chi connectivity index (χ1v) is 9.04. The van der Waals surface area contributed by atoms with Gasteiger partial charge in [-0.25, -0.2) is 4.98 Å². The number of aryl methyl sites for hydroxylation is 1. The molecule has 1 aromatic carbocycles. The number of benzene rings is 1. The lowest BCUT2D eigenvalue weighted by Crippen LogP contribution is -2.26. The highest BCUT2D eigenvalue weighted by Gasteiger charge is 2.07. The van der Waals surface area contributed by atoms with Crippen LogP contribution in [0.25, 0.3) is 10.6 Å². The maximum atomic E-state index is 11.8. The van der Waals surface area contributed by atoms with Gasteiger partial charge in [0.25, 0.3) is 0 Å². The Balaban J connectivity index is 1.64. The lowest BCUT2D eigenvalue weighted by atomic mass is 10.2. The summed E-state index contributed by atoms with van der Waals surface area (Å²) in [7, 11) is 0. The van der Waals surface area contributed by atoms with Gasteiger partial charge in [-0.2, -0.15) is 0 Å². The molecule has 0 unspecified atom stereocenters. The minimum absolute atomic E-state index is 0.0165. The van der Waals surface area contributed by atoms with Crippen molar-refractivity contribution in [3.63, 3.8) is 0 Å². The lowest BCUT2D eigenvalue weighted by Gasteiger charge is -2.05. The van der Waals surface area contributed by atoms with Gasteiger partial charge in [-0.1, -0.05) is 30.3 Å². The second kappa shape index (κ2) is 9.82. The summed E-state index contributed by atoms with van der Waals surface area (Å²) in [4.78, 5) is 27.1. The number of nitrogens with zero attached hydrogens (tertiary/aromatic N) is 1. The Bertz CT molecular complexity index is 655. The summed E-state index contributed by atoms with van der Waals surface area (Å²) in [5, 5.41) is 8.65. The minimum Gasteiger partial charge on any atom is -0.356 e. The number of amides is 2. The van der Waals surface area contributed by atoms with Crippen molar-refractivity contribution in [3.05, 3.63) is 41.4 Å². The minimum atomic E-state index is -0.0165. The molecule has 0 atom stereocenters.